The molecule has 1 unspecified atom stereocenters. The maximum Gasteiger partial charge on any atom is 0.159 e. The zero-order chi connectivity index (χ0) is 17.8. The zero-order valence-corrected chi connectivity index (χ0v) is 16.1. The van der Waals surface area contributed by atoms with Crippen LogP contribution in [0.2, 0.25) is 0 Å². The molecule has 0 bridgehead atoms. The van der Waals surface area contributed by atoms with Crippen LogP contribution in [-0.4, -0.2) is 19.0 Å². The van der Waals surface area contributed by atoms with E-state index in [0.717, 1.165) is 44.1 Å². The second-order valence-corrected chi connectivity index (χ2v) is 7.81. The number of allylic oxidation sites excluding steroid dienone is 2. The van der Waals surface area contributed by atoms with Gasteiger partial charge < -0.3 is 4.74 Å². The van der Waals surface area contributed by atoms with Crippen LogP contribution in [0.3, 0.4) is 0 Å². The normalized spacial score (nSPS) is 20.6. The van der Waals surface area contributed by atoms with Gasteiger partial charge in [-0.2, -0.15) is 0 Å². The highest BCUT2D eigenvalue weighted by molar-refractivity contribution is 5.99. The fraction of sp³-hybridized carbons (Fsp3) is 0.609. The number of carbonyl (C=O) groups is 1. The molecule has 0 heterocycles. The Morgan fingerprint density at radius 2 is 2.04 bits per heavy atom. The first-order valence-corrected chi connectivity index (χ1v) is 9.99. The fourth-order valence-corrected chi connectivity index (χ4v) is 4.62. The minimum Gasteiger partial charge on any atom is -0.381 e. The van der Waals surface area contributed by atoms with Crippen molar-refractivity contribution in [2.75, 3.05) is 7.11 Å². The van der Waals surface area contributed by atoms with Crippen molar-refractivity contribution in [3.05, 3.63) is 46.0 Å². The molecule has 136 valence electrons. The van der Waals surface area contributed by atoms with E-state index in [1.165, 1.54) is 41.5 Å². The summed E-state index contributed by atoms with van der Waals surface area (Å²) < 4.78 is 5.67. The van der Waals surface area contributed by atoms with Crippen molar-refractivity contribution >= 4 is 5.78 Å². The van der Waals surface area contributed by atoms with Gasteiger partial charge in [-0.15, -0.1) is 0 Å². The van der Waals surface area contributed by atoms with E-state index < -0.39 is 0 Å². The van der Waals surface area contributed by atoms with Crippen LogP contribution in [0.25, 0.3) is 0 Å². The number of hydrogen-bond donors (Lipinski definition) is 0. The summed E-state index contributed by atoms with van der Waals surface area (Å²) in [4.78, 5) is 12.6. The number of rotatable bonds is 8. The van der Waals surface area contributed by atoms with Crippen LogP contribution in [0.5, 0.6) is 0 Å². The van der Waals surface area contributed by atoms with E-state index in [9.17, 15) is 4.79 Å². The zero-order valence-electron chi connectivity index (χ0n) is 16.1. The Hall–Kier alpha value is -1.41. The van der Waals surface area contributed by atoms with Gasteiger partial charge in [0.15, 0.2) is 5.78 Å². The molecule has 3 rings (SSSR count). The molecule has 0 saturated carbocycles. The van der Waals surface area contributed by atoms with Crippen molar-refractivity contribution in [2.45, 2.75) is 77.7 Å². The van der Waals surface area contributed by atoms with Crippen LogP contribution in [0.4, 0.5) is 0 Å². The average Bonchev–Trinajstić information content (AvgIpc) is 2.91. The summed E-state index contributed by atoms with van der Waals surface area (Å²) in [6.07, 6.45) is 9.80. The highest BCUT2D eigenvalue weighted by Gasteiger charge is 2.35. The number of benzene rings is 1. The molecule has 0 radical (unpaired) electrons. The molecule has 0 saturated heterocycles. The van der Waals surface area contributed by atoms with E-state index in [2.05, 4.69) is 32.0 Å². The highest BCUT2D eigenvalue weighted by atomic mass is 16.5. The number of hydrogen-bond acceptors (Lipinski definition) is 2. The van der Waals surface area contributed by atoms with Crippen molar-refractivity contribution in [2.24, 2.45) is 5.92 Å². The lowest BCUT2D eigenvalue weighted by Gasteiger charge is -2.26. The molecule has 2 heteroatoms. The standard InChI is InChI=1S/C23H32O2/c1-4-5-6-10-19(25-3)11-12-20-22-13-17-9-7-8-16(2)21(17)14-18(22)15-23(20)24/h7-9,18-19H,4-6,10-15H2,1-3H3/t18?,19-/m0/s1. The van der Waals surface area contributed by atoms with Crippen molar-refractivity contribution < 1.29 is 9.53 Å². The Labute approximate surface area is 152 Å². The Morgan fingerprint density at radius 3 is 2.80 bits per heavy atom. The fourth-order valence-electron chi connectivity index (χ4n) is 4.62. The van der Waals surface area contributed by atoms with Gasteiger partial charge in [0.2, 0.25) is 0 Å². The maximum absolute atomic E-state index is 12.6. The SMILES string of the molecule is CCCCC[C@@H](CCC1=C2Cc3cccc(C)c3CC2CC1=O)OC. The lowest BCUT2D eigenvalue weighted by atomic mass is 9.79. The second-order valence-electron chi connectivity index (χ2n) is 7.81. The van der Waals surface area contributed by atoms with Gasteiger partial charge in [0, 0.05) is 13.5 Å². The first kappa shape index (κ1) is 18.4. The minimum absolute atomic E-state index is 0.296. The lowest BCUT2D eigenvalue weighted by molar-refractivity contribution is -0.115. The van der Waals surface area contributed by atoms with Crippen LogP contribution < -0.4 is 0 Å². The molecule has 0 aliphatic heterocycles. The van der Waals surface area contributed by atoms with E-state index in [-0.39, 0.29) is 0 Å². The number of carbonyl (C=O) groups excluding carboxylic acids is 1. The van der Waals surface area contributed by atoms with E-state index in [1.807, 2.05) is 7.11 Å². The van der Waals surface area contributed by atoms with Crippen LogP contribution in [0, 0.1) is 12.8 Å². The molecule has 2 atom stereocenters. The van der Waals surface area contributed by atoms with Gasteiger partial charge in [-0.3, -0.25) is 4.79 Å². The van der Waals surface area contributed by atoms with Gasteiger partial charge in [-0.25, -0.2) is 0 Å². The number of methoxy groups -OCH3 is 1. The average molecular weight is 341 g/mol. The van der Waals surface area contributed by atoms with Crippen molar-refractivity contribution in [3.8, 4) is 0 Å². The molecule has 2 aliphatic carbocycles. The number of aryl methyl sites for hydroxylation is 1. The van der Waals surface area contributed by atoms with Gasteiger partial charge in [-0.05, 0) is 67.2 Å². The molecular formula is C23H32O2. The van der Waals surface area contributed by atoms with Crippen LogP contribution in [0.1, 0.15) is 68.6 Å². The Balaban J connectivity index is 1.70. The van der Waals surface area contributed by atoms with Crippen molar-refractivity contribution in [1.82, 2.24) is 0 Å². The van der Waals surface area contributed by atoms with Gasteiger partial charge in [0.25, 0.3) is 0 Å². The maximum atomic E-state index is 12.6. The summed E-state index contributed by atoms with van der Waals surface area (Å²) >= 11 is 0. The van der Waals surface area contributed by atoms with E-state index >= 15 is 0 Å². The third kappa shape index (κ3) is 4.06. The highest BCUT2D eigenvalue weighted by Crippen LogP contribution is 2.41. The monoisotopic (exact) mass is 340 g/mol. The Kier molecular flexibility index (Phi) is 6.11. The number of ketones is 1. The summed E-state index contributed by atoms with van der Waals surface area (Å²) in [6.45, 7) is 4.43. The third-order valence-corrected chi connectivity index (χ3v) is 6.17. The summed E-state index contributed by atoms with van der Waals surface area (Å²) in [5, 5.41) is 0. The summed E-state index contributed by atoms with van der Waals surface area (Å²) in [5.41, 5.74) is 6.87. The van der Waals surface area contributed by atoms with Gasteiger partial charge in [0.05, 0.1) is 6.10 Å². The molecule has 0 amide bonds. The number of Topliss-reactive ketones (excluding diaryl/α,β-unsaturated/α-hetero) is 1. The van der Waals surface area contributed by atoms with Crippen molar-refractivity contribution in [1.29, 1.82) is 0 Å². The largest absolute Gasteiger partial charge is 0.381 e. The molecule has 1 aromatic carbocycles. The quantitative estimate of drug-likeness (QED) is 0.596. The third-order valence-electron chi connectivity index (χ3n) is 6.17. The van der Waals surface area contributed by atoms with Gasteiger partial charge >= 0.3 is 0 Å². The number of ether oxygens (including phenoxy) is 1. The molecule has 0 aromatic heterocycles. The van der Waals surface area contributed by atoms with Crippen molar-refractivity contribution in [3.63, 3.8) is 0 Å². The summed E-state index contributed by atoms with van der Waals surface area (Å²) in [5.74, 6) is 0.853. The lowest BCUT2D eigenvalue weighted by Crippen LogP contribution is -2.16. The molecule has 1 aromatic rings. The molecule has 0 N–H and O–H groups in total. The van der Waals surface area contributed by atoms with Crippen LogP contribution in [0.15, 0.2) is 29.3 Å². The number of unbranched alkanes of at least 4 members (excludes halogenated alkanes) is 2. The molecule has 25 heavy (non-hydrogen) atoms. The van der Waals surface area contributed by atoms with Gasteiger partial charge in [-0.1, -0.05) is 50.0 Å². The van der Waals surface area contributed by atoms with E-state index in [4.69, 9.17) is 4.74 Å². The predicted octanol–water partition coefficient (Wildman–Crippen LogP) is 5.35. The molecule has 2 nitrogen and oxygen atoms in total. The van der Waals surface area contributed by atoms with Gasteiger partial charge in [0.1, 0.15) is 0 Å². The topological polar surface area (TPSA) is 26.3 Å². The Bertz CT molecular complexity index is 656. The molecule has 2 aliphatic rings. The molecular weight excluding hydrogens is 308 g/mol. The molecule has 0 fully saturated rings. The minimum atomic E-state index is 0.296. The summed E-state index contributed by atoms with van der Waals surface area (Å²) in [7, 11) is 1.81. The first-order valence-electron chi connectivity index (χ1n) is 9.99. The number of fused-ring (bicyclic) bond motifs is 2. The summed E-state index contributed by atoms with van der Waals surface area (Å²) in [6, 6.07) is 6.60. The first-order chi connectivity index (χ1) is 12.1. The van der Waals surface area contributed by atoms with E-state index in [0.29, 0.717) is 17.8 Å². The molecule has 0 spiro atoms. The Morgan fingerprint density at radius 1 is 1.20 bits per heavy atom. The second kappa shape index (κ2) is 8.31. The predicted molar refractivity (Wildman–Crippen MR) is 103 cm³/mol. The van der Waals surface area contributed by atoms with Crippen LogP contribution in [-0.2, 0) is 22.4 Å². The van der Waals surface area contributed by atoms with E-state index in [1.54, 1.807) is 0 Å². The smallest absolute Gasteiger partial charge is 0.159 e. The van der Waals surface area contributed by atoms with Crippen LogP contribution >= 0.6 is 0 Å².